The van der Waals surface area contributed by atoms with E-state index in [4.69, 9.17) is 0 Å². The molecule has 1 N–H and O–H groups in total. The molecular formula is C16H22N2O2S. The highest BCUT2D eigenvalue weighted by Gasteiger charge is 2.20. The molecule has 0 saturated carbocycles. The lowest BCUT2D eigenvalue weighted by molar-refractivity contribution is -0.136. The molecule has 1 aliphatic rings. The Morgan fingerprint density at radius 1 is 1.48 bits per heavy atom. The lowest BCUT2D eigenvalue weighted by Gasteiger charge is -2.21. The van der Waals surface area contributed by atoms with Crippen molar-refractivity contribution < 1.29 is 9.59 Å². The van der Waals surface area contributed by atoms with E-state index in [2.05, 4.69) is 17.5 Å². The van der Waals surface area contributed by atoms with E-state index in [1.54, 1.807) is 16.2 Å². The highest BCUT2D eigenvalue weighted by atomic mass is 32.1. The lowest BCUT2D eigenvalue weighted by Crippen LogP contribution is -2.40. The van der Waals surface area contributed by atoms with Crippen LogP contribution in [0, 0.1) is 5.92 Å². The van der Waals surface area contributed by atoms with E-state index < -0.39 is 0 Å². The molecule has 0 spiro atoms. The van der Waals surface area contributed by atoms with Crippen LogP contribution < -0.4 is 5.32 Å². The summed E-state index contributed by atoms with van der Waals surface area (Å²) >= 11 is 1.61. The van der Waals surface area contributed by atoms with Gasteiger partial charge in [-0.3, -0.25) is 9.59 Å². The summed E-state index contributed by atoms with van der Waals surface area (Å²) < 4.78 is 0. The molecule has 1 aliphatic carbocycles. The van der Waals surface area contributed by atoms with Crippen LogP contribution in [0.4, 0.5) is 0 Å². The Balaban J connectivity index is 1.76. The van der Waals surface area contributed by atoms with Crippen LogP contribution in [0.25, 0.3) is 0 Å². The van der Waals surface area contributed by atoms with Gasteiger partial charge in [-0.15, -0.1) is 11.3 Å². The van der Waals surface area contributed by atoms with Gasteiger partial charge in [-0.05, 0) is 37.1 Å². The SMILES string of the molecule is CCN(CC(=O)NCc1cccs1)C(=O)CC1C=CCC1. The number of likely N-dealkylation sites (N-methyl/N-ethyl adjacent to an activating group) is 1. The van der Waals surface area contributed by atoms with Gasteiger partial charge in [0.1, 0.15) is 0 Å². The Labute approximate surface area is 129 Å². The molecule has 0 saturated heterocycles. The molecule has 1 aromatic heterocycles. The first-order valence-electron chi connectivity index (χ1n) is 7.42. The highest BCUT2D eigenvalue weighted by molar-refractivity contribution is 7.09. The third kappa shape index (κ3) is 5.01. The second-order valence-electron chi connectivity index (χ2n) is 5.23. The summed E-state index contributed by atoms with van der Waals surface area (Å²) in [6.45, 7) is 3.17. The third-order valence-electron chi connectivity index (χ3n) is 3.66. The van der Waals surface area contributed by atoms with Gasteiger partial charge in [-0.2, -0.15) is 0 Å². The fourth-order valence-corrected chi connectivity index (χ4v) is 3.07. The average Bonchev–Trinajstić information content (AvgIpc) is 3.15. The topological polar surface area (TPSA) is 49.4 Å². The normalized spacial score (nSPS) is 16.9. The van der Waals surface area contributed by atoms with Crippen molar-refractivity contribution in [1.29, 1.82) is 0 Å². The molecule has 0 fully saturated rings. The molecule has 2 amide bonds. The first kappa shape index (κ1) is 15.8. The number of thiophene rings is 1. The summed E-state index contributed by atoms with van der Waals surface area (Å²) in [5.41, 5.74) is 0. The van der Waals surface area contributed by atoms with E-state index in [9.17, 15) is 9.59 Å². The number of carbonyl (C=O) groups excluding carboxylic acids is 2. The molecule has 2 rings (SSSR count). The first-order chi connectivity index (χ1) is 10.2. The zero-order valence-corrected chi connectivity index (χ0v) is 13.2. The van der Waals surface area contributed by atoms with Crippen molar-refractivity contribution in [2.75, 3.05) is 13.1 Å². The number of allylic oxidation sites excluding steroid dienone is 2. The number of carbonyl (C=O) groups is 2. The fourth-order valence-electron chi connectivity index (χ4n) is 2.42. The minimum atomic E-state index is -0.0967. The zero-order valence-electron chi connectivity index (χ0n) is 12.4. The number of nitrogens with zero attached hydrogens (tertiary/aromatic N) is 1. The molecule has 114 valence electrons. The molecule has 0 radical (unpaired) electrons. The van der Waals surface area contributed by atoms with Gasteiger partial charge in [0, 0.05) is 17.8 Å². The van der Waals surface area contributed by atoms with Gasteiger partial charge in [-0.1, -0.05) is 18.2 Å². The molecule has 0 aliphatic heterocycles. The third-order valence-corrected chi connectivity index (χ3v) is 4.53. The predicted molar refractivity (Wildman–Crippen MR) is 84.9 cm³/mol. The van der Waals surface area contributed by atoms with Crippen LogP contribution >= 0.6 is 11.3 Å². The van der Waals surface area contributed by atoms with Gasteiger partial charge in [0.15, 0.2) is 0 Å². The monoisotopic (exact) mass is 306 g/mol. The Hall–Kier alpha value is -1.62. The lowest BCUT2D eigenvalue weighted by atomic mass is 10.0. The summed E-state index contributed by atoms with van der Waals surface area (Å²) in [5.74, 6) is 0.321. The van der Waals surface area contributed by atoms with Gasteiger partial charge in [0.2, 0.25) is 11.8 Å². The fraction of sp³-hybridized carbons (Fsp3) is 0.500. The van der Waals surface area contributed by atoms with Crippen molar-refractivity contribution in [1.82, 2.24) is 10.2 Å². The quantitative estimate of drug-likeness (QED) is 0.787. The standard InChI is InChI=1S/C16H22N2O2S/c1-2-18(16(20)10-13-6-3-4-7-13)12-15(19)17-11-14-8-5-9-21-14/h3,5-6,8-9,13H,2,4,7,10-12H2,1H3,(H,17,19). The van der Waals surface area contributed by atoms with Crippen LogP contribution in [0.15, 0.2) is 29.7 Å². The molecule has 21 heavy (non-hydrogen) atoms. The number of nitrogens with one attached hydrogen (secondary N) is 1. The van der Waals surface area contributed by atoms with Crippen LogP contribution in [-0.2, 0) is 16.1 Å². The number of amides is 2. The van der Waals surface area contributed by atoms with Crippen molar-refractivity contribution in [3.05, 3.63) is 34.5 Å². The molecule has 1 aromatic rings. The average molecular weight is 306 g/mol. The minimum absolute atomic E-state index is 0.0697. The summed E-state index contributed by atoms with van der Waals surface area (Å²) in [6, 6.07) is 3.95. The van der Waals surface area contributed by atoms with Crippen molar-refractivity contribution in [2.24, 2.45) is 5.92 Å². The number of hydrogen-bond donors (Lipinski definition) is 1. The van der Waals surface area contributed by atoms with Gasteiger partial charge < -0.3 is 10.2 Å². The Morgan fingerprint density at radius 2 is 2.33 bits per heavy atom. The van der Waals surface area contributed by atoms with E-state index >= 15 is 0 Å². The van der Waals surface area contributed by atoms with Crippen molar-refractivity contribution in [3.63, 3.8) is 0 Å². The molecule has 0 aromatic carbocycles. The summed E-state index contributed by atoms with van der Waals surface area (Å²) in [5, 5.41) is 4.85. The Bertz CT molecular complexity index is 496. The predicted octanol–water partition coefficient (Wildman–Crippen LogP) is 2.57. The summed E-state index contributed by atoms with van der Waals surface area (Å²) in [7, 11) is 0. The Kier molecular flexibility index (Phi) is 5.99. The van der Waals surface area contributed by atoms with Crippen LogP contribution in [0.2, 0.25) is 0 Å². The molecule has 4 nitrogen and oxygen atoms in total. The number of rotatable bonds is 7. The molecule has 1 heterocycles. The van der Waals surface area contributed by atoms with E-state index in [1.807, 2.05) is 24.4 Å². The molecule has 1 atom stereocenters. The maximum Gasteiger partial charge on any atom is 0.239 e. The van der Waals surface area contributed by atoms with E-state index in [1.165, 1.54) is 0 Å². The second-order valence-corrected chi connectivity index (χ2v) is 6.27. The first-order valence-corrected chi connectivity index (χ1v) is 8.30. The van der Waals surface area contributed by atoms with E-state index in [0.717, 1.165) is 17.7 Å². The van der Waals surface area contributed by atoms with Crippen molar-refractivity contribution >= 4 is 23.2 Å². The largest absolute Gasteiger partial charge is 0.350 e. The smallest absolute Gasteiger partial charge is 0.239 e. The van der Waals surface area contributed by atoms with Crippen LogP contribution in [0.1, 0.15) is 31.1 Å². The Morgan fingerprint density at radius 3 is 2.95 bits per heavy atom. The van der Waals surface area contributed by atoms with Gasteiger partial charge >= 0.3 is 0 Å². The zero-order chi connectivity index (χ0) is 15.1. The molecule has 0 bridgehead atoms. The second kappa shape index (κ2) is 7.98. The number of hydrogen-bond acceptors (Lipinski definition) is 3. The summed E-state index contributed by atoms with van der Waals surface area (Å²) in [4.78, 5) is 26.9. The van der Waals surface area contributed by atoms with Crippen molar-refractivity contribution in [3.8, 4) is 0 Å². The minimum Gasteiger partial charge on any atom is -0.350 e. The molecule has 5 heteroatoms. The van der Waals surface area contributed by atoms with E-state index in [0.29, 0.717) is 25.4 Å². The summed E-state index contributed by atoms with van der Waals surface area (Å²) in [6.07, 6.45) is 6.87. The van der Waals surface area contributed by atoms with Crippen LogP contribution in [0.3, 0.4) is 0 Å². The maximum absolute atomic E-state index is 12.2. The van der Waals surface area contributed by atoms with Crippen molar-refractivity contribution in [2.45, 2.75) is 32.7 Å². The van der Waals surface area contributed by atoms with Gasteiger partial charge in [-0.25, -0.2) is 0 Å². The molecule has 1 unspecified atom stereocenters. The molecular weight excluding hydrogens is 284 g/mol. The maximum atomic E-state index is 12.2. The van der Waals surface area contributed by atoms with Gasteiger partial charge in [0.25, 0.3) is 0 Å². The van der Waals surface area contributed by atoms with Crippen LogP contribution in [0.5, 0.6) is 0 Å². The van der Waals surface area contributed by atoms with Gasteiger partial charge in [0.05, 0.1) is 13.1 Å². The van der Waals surface area contributed by atoms with Crippen LogP contribution in [-0.4, -0.2) is 29.8 Å². The highest BCUT2D eigenvalue weighted by Crippen LogP contribution is 2.21. The van der Waals surface area contributed by atoms with E-state index in [-0.39, 0.29) is 18.4 Å².